The van der Waals surface area contributed by atoms with Crippen LogP contribution in [0.5, 0.6) is 0 Å². The maximum absolute atomic E-state index is 12.0. The molecule has 3 unspecified atom stereocenters. The molecule has 14 heavy (non-hydrogen) atoms. The lowest BCUT2D eigenvalue weighted by Crippen LogP contribution is -2.37. The molecule has 0 aromatic heterocycles. The zero-order valence-electron chi connectivity index (χ0n) is 8.60. The molecule has 1 spiro atoms. The molecule has 1 heterocycles. The van der Waals surface area contributed by atoms with Crippen LogP contribution in [0, 0.1) is 17.3 Å². The Morgan fingerprint density at radius 3 is 3.00 bits per heavy atom. The highest BCUT2D eigenvalue weighted by Gasteiger charge is 2.71. The van der Waals surface area contributed by atoms with Crippen molar-refractivity contribution < 1.29 is 4.79 Å². The Kier molecular flexibility index (Phi) is 1.36. The molecule has 1 aliphatic heterocycles. The van der Waals surface area contributed by atoms with Crippen LogP contribution in [-0.4, -0.2) is 23.4 Å². The Labute approximate surface area is 84.3 Å². The topological polar surface area (TPSA) is 20.3 Å². The van der Waals surface area contributed by atoms with E-state index in [1.54, 1.807) is 0 Å². The SMILES string of the molecule is CC(C)N1CC23C=CC=CC2C3C1=O. The second kappa shape index (κ2) is 2.30. The molecular weight excluding hydrogens is 174 g/mol. The molecule has 0 N–H and O–H groups in total. The van der Waals surface area contributed by atoms with Crippen molar-refractivity contribution >= 4 is 5.91 Å². The van der Waals surface area contributed by atoms with Crippen molar-refractivity contribution in [3.05, 3.63) is 24.3 Å². The van der Waals surface area contributed by atoms with Gasteiger partial charge in [-0.3, -0.25) is 4.79 Å². The van der Waals surface area contributed by atoms with Gasteiger partial charge in [0.25, 0.3) is 0 Å². The van der Waals surface area contributed by atoms with E-state index in [0.29, 0.717) is 17.9 Å². The van der Waals surface area contributed by atoms with Crippen LogP contribution in [0.2, 0.25) is 0 Å². The number of amides is 1. The Hall–Kier alpha value is -1.05. The molecule has 0 bridgehead atoms. The van der Waals surface area contributed by atoms with Gasteiger partial charge < -0.3 is 4.90 Å². The van der Waals surface area contributed by atoms with Gasteiger partial charge in [-0.1, -0.05) is 24.3 Å². The van der Waals surface area contributed by atoms with E-state index in [2.05, 4.69) is 38.2 Å². The van der Waals surface area contributed by atoms with Crippen LogP contribution in [0.4, 0.5) is 0 Å². The summed E-state index contributed by atoms with van der Waals surface area (Å²) >= 11 is 0. The van der Waals surface area contributed by atoms with Gasteiger partial charge in [-0.15, -0.1) is 0 Å². The normalized spacial score (nSPS) is 43.1. The molecule has 1 amide bonds. The van der Waals surface area contributed by atoms with Crippen molar-refractivity contribution in [2.75, 3.05) is 6.54 Å². The minimum atomic E-state index is 0.191. The molecule has 3 atom stereocenters. The summed E-state index contributed by atoms with van der Waals surface area (Å²) in [6, 6.07) is 0.352. The van der Waals surface area contributed by atoms with Gasteiger partial charge in [-0.2, -0.15) is 0 Å². The molecule has 0 radical (unpaired) electrons. The largest absolute Gasteiger partial charge is 0.339 e. The van der Waals surface area contributed by atoms with Crippen molar-refractivity contribution in [1.29, 1.82) is 0 Å². The summed E-state index contributed by atoms with van der Waals surface area (Å²) in [7, 11) is 0. The van der Waals surface area contributed by atoms with Gasteiger partial charge in [-0.05, 0) is 13.8 Å². The zero-order valence-corrected chi connectivity index (χ0v) is 8.60. The van der Waals surface area contributed by atoms with E-state index in [-0.39, 0.29) is 11.3 Å². The molecular formula is C12H15NO. The lowest BCUT2D eigenvalue weighted by Gasteiger charge is -2.26. The summed E-state index contributed by atoms with van der Waals surface area (Å²) in [5, 5.41) is 0. The number of allylic oxidation sites excluding steroid dienone is 3. The number of hydrogen-bond acceptors (Lipinski definition) is 1. The van der Waals surface area contributed by atoms with Crippen LogP contribution in [0.25, 0.3) is 0 Å². The van der Waals surface area contributed by atoms with Gasteiger partial charge >= 0.3 is 0 Å². The van der Waals surface area contributed by atoms with Crippen molar-refractivity contribution in [3.8, 4) is 0 Å². The van der Waals surface area contributed by atoms with E-state index in [0.717, 1.165) is 6.54 Å². The number of likely N-dealkylation sites (tertiary alicyclic amines) is 1. The molecule has 3 rings (SSSR count). The number of carbonyl (C=O) groups excluding carboxylic acids is 1. The Bertz CT molecular complexity index is 355. The van der Waals surface area contributed by atoms with Gasteiger partial charge in [0.05, 0.1) is 5.92 Å². The summed E-state index contributed by atoms with van der Waals surface area (Å²) in [5.41, 5.74) is 0.191. The molecule has 74 valence electrons. The predicted octanol–water partition coefficient (Wildman–Crippen LogP) is 1.60. The fourth-order valence-electron chi connectivity index (χ4n) is 3.04. The average molecular weight is 189 g/mol. The maximum Gasteiger partial charge on any atom is 0.227 e. The third kappa shape index (κ3) is 0.753. The fraction of sp³-hybridized carbons (Fsp3) is 0.583. The van der Waals surface area contributed by atoms with Gasteiger partial charge in [0.1, 0.15) is 0 Å². The van der Waals surface area contributed by atoms with Crippen LogP contribution >= 0.6 is 0 Å². The Morgan fingerprint density at radius 1 is 1.50 bits per heavy atom. The van der Waals surface area contributed by atoms with E-state index < -0.39 is 0 Å². The Morgan fingerprint density at radius 2 is 2.29 bits per heavy atom. The van der Waals surface area contributed by atoms with E-state index in [4.69, 9.17) is 0 Å². The van der Waals surface area contributed by atoms with Gasteiger partial charge in [0.15, 0.2) is 0 Å². The van der Waals surface area contributed by atoms with E-state index in [1.807, 2.05) is 4.90 Å². The van der Waals surface area contributed by atoms with E-state index in [1.165, 1.54) is 0 Å². The second-order valence-electron chi connectivity index (χ2n) is 4.92. The fourth-order valence-corrected chi connectivity index (χ4v) is 3.04. The van der Waals surface area contributed by atoms with Crippen molar-refractivity contribution in [2.45, 2.75) is 19.9 Å². The average Bonchev–Trinajstić information content (AvgIpc) is 2.73. The van der Waals surface area contributed by atoms with Crippen LogP contribution < -0.4 is 0 Å². The van der Waals surface area contributed by atoms with Gasteiger partial charge in [0.2, 0.25) is 5.91 Å². The minimum absolute atomic E-state index is 0.191. The summed E-state index contributed by atoms with van der Waals surface area (Å²) in [4.78, 5) is 14.0. The smallest absolute Gasteiger partial charge is 0.227 e. The second-order valence-corrected chi connectivity index (χ2v) is 4.92. The third-order valence-corrected chi connectivity index (χ3v) is 3.90. The minimum Gasteiger partial charge on any atom is -0.339 e. The van der Waals surface area contributed by atoms with Crippen LogP contribution in [0.15, 0.2) is 24.3 Å². The highest BCUT2D eigenvalue weighted by molar-refractivity contribution is 5.88. The molecule has 2 aliphatic carbocycles. The summed E-state index contributed by atoms with van der Waals surface area (Å²) < 4.78 is 0. The number of nitrogens with zero attached hydrogens (tertiary/aromatic N) is 1. The van der Waals surface area contributed by atoms with Gasteiger partial charge in [-0.25, -0.2) is 0 Å². The molecule has 2 fully saturated rings. The number of fused-ring (bicyclic) bond motifs is 1. The number of hydrogen-bond donors (Lipinski definition) is 0. The lowest BCUT2D eigenvalue weighted by atomic mass is 9.99. The zero-order chi connectivity index (χ0) is 9.92. The van der Waals surface area contributed by atoms with E-state index >= 15 is 0 Å². The Balaban J connectivity index is 1.92. The van der Waals surface area contributed by atoms with Crippen molar-refractivity contribution in [1.82, 2.24) is 4.90 Å². The monoisotopic (exact) mass is 189 g/mol. The van der Waals surface area contributed by atoms with Gasteiger partial charge in [0, 0.05) is 23.9 Å². The number of rotatable bonds is 1. The first-order valence-electron chi connectivity index (χ1n) is 5.33. The predicted molar refractivity (Wildman–Crippen MR) is 54.5 cm³/mol. The van der Waals surface area contributed by atoms with Crippen molar-refractivity contribution in [3.63, 3.8) is 0 Å². The van der Waals surface area contributed by atoms with Crippen molar-refractivity contribution in [2.24, 2.45) is 17.3 Å². The summed E-state index contributed by atoms with van der Waals surface area (Å²) in [6.07, 6.45) is 8.59. The molecule has 2 heteroatoms. The standard InChI is InChI=1S/C12H15NO/c1-8(2)13-7-12-6-4-3-5-9(12)10(12)11(13)14/h3-6,8-10H,7H2,1-2H3. The number of carbonyl (C=O) groups is 1. The third-order valence-electron chi connectivity index (χ3n) is 3.90. The molecule has 3 aliphatic rings. The highest BCUT2D eigenvalue weighted by atomic mass is 16.2. The first-order valence-corrected chi connectivity index (χ1v) is 5.33. The summed E-state index contributed by atoms with van der Waals surface area (Å²) in [5.74, 6) is 1.14. The van der Waals surface area contributed by atoms with Crippen LogP contribution in [0.1, 0.15) is 13.8 Å². The summed E-state index contributed by atoms with van der Waals surface area (Å²) in [6.45, 7) is 5.12. The molecule has 1 saturated carbocycles. The molecule has 0 aromatic carbocycles. The molecule has 0 aromatic rings. The molecule has 2 nitrogen and oxygen atoms in total. The van der Waals surface area contributed by atoms with E-state index in [9.17, 15) is 4.79 Å². The van der Waals surface area contributed by atoms with Crippen LogP contribution in [0.3, 0.4) is 0 Å². The molecule has 1 saturated heterocycles. The highest BCUT2D eigenvalue weighted by Crippen LogP contribution is 2.66. The maximum atomic E-state index is 12.0. The lowest BCUT2D eigenvalue weighted by molar-refractivity contribution is -0.131. The first-order chi connectivity index (χ1) is 6.67. The number of piperidine rings is 1. The quantitative estimate of drug-likeness (QED) is 0.613. The first kappa shape index (κ1) is 8.27. The van der Waals surface area contributed by atoms with Crippen LogP contribution in [-0.2, 0) is 4.79 Å².